The molecule has 0 saturated carbocycles. The molecule has 18 heteroatoms. The molecule has 0 amide bonds. The average molecular weight is 802 g/mol. The summed E-state index contributed by atoms with van der Waals surface area (Å²) in [6, 6.07) is 27.6. The number of carbonyl (C=O) groups excluding carboxylic acids is 2. The van der Waals surface area contributed by atoms with Gasteiger partial charge in [-0.15, -0.1) is 0 Å². The molecule has 5 aromatic carbocycles. The quantitative estimate of drug-likeness (QED) is 0.0502. The van der Waals surface area contributed by atoms with Gasteiger partial charge in [0, 0.05) is 57.6 Å². The van der Waals surface area contributed by atoms with Crippen LogP contribution in [0, 0.1) is 10.1 Å². The van der Waals surface area contributed by atoms with Gasteiger partial charge >= 0.3 is 59.1 Å². The van der Waals surface area contributed by atoms with Crippen molar-refractivity contribution in [2.75, 3.05) is 10.9 Å². The maximum atomic E-state index is 12.5. The Kier molecular flexibility index (Phi) is 15.3. The van der Waals surface area contributed by atoms with E-state index < -0.39 is 25.7 Å². The first kappa shape index (κ1) is 44.0. The molecule has 0 spiro atoms. The van der Waals surface area contributed by atoms with Gasteiger partial charge in [0.25, 0.3) is 15.8 Å². The number of hydrogen-bond donors (Lipinski definition) is 5. The van der Waals surface area contributed by atoms with Crippen LogP contribution in [0.15, 0.2) is 125 Å². The van der Waals surface area contributed by atoms with Crippen molar-refractivity contribution in [3.05, 3.63) is 148 Å². The minimum absolute atomic E-state index is 0. The number of nitrogens with zero attached hydrogens (tertiary/aromatic N) is 3. The summed E-state index contributed by atoms with van der Waals surface area (Å²) < 4.78 is 32.7. The molecule has 0 radical (unpaired) electrons. The van der Waals surface area contributed by atoms with E-state index in [0.29, 0.717) is 16.6 Å². The number of nitrogens with one attached hydrogen (secondary N) is 2. The van der Waals surface area contributed by atoms with Gasteiger partial charge < -0.3 is 10.2 Å². The summed E-state index contributed by atoms with van der Waals surface area (Å²) in [7, 11) is -4.57. The standard InChI is InChI=1S/C20H14N2O5S.C16H11N3O4.Cr.2Na/c23-16-10-9-12-5-1-2-6-13(12)19(16)21-22-20-15-8-4-3-7-14(15)18(11-17(20)24)28(25,26)27;20-14-8-6-11(19(22)23)9-13(14)17-18-16-12-4-2-1-3-10(12)5-7-15(16)21;;;/h1-11,21,23H,(H,25,26,27);1-9,17,20H;;;/q;;;2*+1/b22-20-;18-16-;;;. The summed E-state index contributed by atoms with van der Waals surface area (Å²) in [4.78, 5) is 34.2. The molecule has 260 valence electrons. The number of ketones is 2. The van der Waals surface area contributed by atoms with Gasteiger partial charge in [0.2, 0.25) is 11.6 Å². The van der Waals surface area contributed by atoms with Crippen LogP contribution < -0.4 is 70.0 Å². The number of nitro groups is 1. The van der Waals surface area contributed by atoms with E-state index in [-0.39, 0.29) is 128 Å². The van der Waals surface area contributed by atoms with Crippen LogP contribution in [0.2, 0.25) is 0 Å². The number of phenolic OH excluding ortho intramolecular Hbond substituents is 2. The van der Waals surface area contributed by atoms with E-state index in [4.69, 9.17) is 0 Å². The molecule has 5 aromatic rings. The molecule has 0 unspecified atom stereocenters. The first-order chi connectivity index (χ1) is 24.4. The van der Waals surface area contributed by atoms with E-state index in [2.05, 4.69) is 21.1 Å². The molecular formula is C36H25CrN5Na2O9S+2. The Morgan fingerprint density at radius 3 is 1.98 bits per heavy atom. The summed E-state index contributed by atoms with van der Waals surface area (Å²) in [6.07, 6.45) is 3.93. The number of hydrazone groups is 2. The van der Waals surface area contributed by atoms with E-state index in [1.165, 1.54) is 36.4 Å². The number of nitro benzene ring substituents is 1. The van der Waals surface area contributed by atoms with Crippen molar-refractivity contribution < 1.29 is 114 Å². The number of carbonyl (C=O) groups is 2. The van der Waals surface area contributed by atoms with Crippen molar-refractivity contribution >= 4 is 71.9 Å². The van der Waals surface area contributed by atoms with Crippen molar-refractivity contribution in [1.29, 1.82) is 0 Å². The average Bonchev–Trinajstić information content (AvgIpc) is 3.11. The number of allylic oxidation sites excluding steroid dienone is 2. The maximum Gasteiger partial charge on any atom is 1.00 e. The van der Waals surface area contributed by atoms with Crippen molar-refractivity contribution in [1.82, 2.24) is 0 Å². The molecule has 7 rings (SSSR count). The van der Waals surface area contributed by atoms with E-state index in [9.17, 15) is 42.9 Å². The molecule has 2 aliphatic rings. The van der Waals surface area contributed by atoms with Crippen LogP contribution in [0.5, 0.6) is 11.5 Å². The molecular weight excluding hydrogens is 776 g/mol. The van der Waals surface area contributed by atoms with Crippen LogP contribution in [0.4, 0.5) is 17.1 Å². The predicted octanol–water partition coefficient (Wildman–Crippen LogP) is -0.109. The zero-order chi connectivity index (χ0) is 36.3. The largest absolute Gasteiger partial charge is 1.00 e. The van der Waals surface area contributed by atoms with Crippen LogP contribution in [0.3, 0.4) is 0 Å². The second-order valence-electron chi connectivity index (χ2n) is 11.0. The second kappa shape index (κ2) is 18.7. The van der Waals surface area contributed by atoms with E-state index >= 15 is 0 Å². The minimum atomic E-state index is -4.57. The Morgan fingerprint density at radius 2 is 1.28 bits per heavy atom. The summed E-state index contributed by atoms with van der Waals surface area (Å²) in [5.74, 6) is -1.22. The number of fused-ring (bicyclic) bond motifs is 3. The van der Waals surface area contributed by atoms with Crippen molar-refractivity contribution in [2.45, 2.75) is 0 Å². The Hall–Kier alpha value is -4.44. The third-order valence-corrected chi connectivity index (χ3v) is 8.64. The maximum absolute atomic E-state index is 12.5. The van der Waals surface area contributed by atoms with Crippen molar-refractivity contribution in [2.24, 2.45) is 10.2 Å². The van der Waals surface area contributed by atoms with Gasteiger partial charge in [-0.1, -0.05) is 84.9 Å². The monoisotopic (exact) mass is 801 g/mol. The van der Waals surface area contributed by atoms with Crippen LogP contribution >= 0.6 is 0 Å². The normalized spacial score (nSPS) is 14.2. The van der Waals surface area contributed by atoms with Crippen LogP contribution in [0.25, 0.3) is 21.8 Å². The fourth-order valence-electron chi connectivity index (χ4n) is 5.31. The topological polar surface area (TPSA) is 221 Å². The van der Waals surface area contributed by atoms with E-state index in [1.807, 2.05) is 30.3 Å². The summed E-state index contributed by atoms with van der Waals surface area (Å²) in [6.45, 7) is 0. The van der Waals surface area contributed by atoms with Crippen molar-refractivity contribution in [3.63, 3.8) is 0 Å². The van der Waals surface area contributed by atoms with Gasteiger partial charge in [0.1, 0.15) is 39.2 Å². The molecule has 5 N–H and O–H groups in total. The third-order valence-electron chi connectivity index (χ3n) is 7.75. The van der Waals surface area contributed by atoms with Crippen LogP contribution in [0.1, 0.15) is 22.3 Å². The van der Waals surface area contributed by atoms with Gasteiger partial charge in [-0.3, -0.25) is 35.1 Å². The molecule has 0 fully saturated rings. The molecule has 0 aliphatic heterocycles. The van der Waals surface area contributed by atoms with E-state index in [0.717, 1.165) is 23.1 Å². The summed E-state index contributed by atoms with van der Waals surface area (Å²) >= 11 is 0. The fraction of sp³-hybridized carbons (Fsp3) is 0. The number of rotatable bonds is 6. The number of benzene rings is 5. The Morgan fingerprint density at radius 1 is 0.685 bits per heavy atom. The van der Waals surface area contributed by atoms with Crippen molar-refractivity contribution in [3.8, 4) is 11.5 Å². The molecule has 0 bridgehead atoms. The predicted molar refractivity (Wildman–Crippen MR) is 192 cm³/mol. The molecule has 0 saturated heterocycles. The van der Waals surface area contributed by atoms with Crippen LogP contribution in [-0.4, -0.2) is 51.1 Å². The Labute approximate surface area is 363 Å². The first-order valence-electron chi connectivity index (χ1n) is 14.9. The SMILES string of the molecule is O=C1C=C(S(=O)(=O)O)c2ccccc2/C1=N/Nc1c(O)ccc2ccccc12.O=C1C=Cc2ccccc2/C1=N/Nc1cc([N+](=O)[O-])ccc1O.[Cr].[Na+].[Na+]. The Bertz CT molecular complexity index is 2530. The number of hydrogen-bond acceptors (Lipinski definition) is 12. The summed E-state index contributed by atoms with van der Waals surface area (Å²) in [5, 5.41) is 40.5. The molecule has 0 aromatic heterocycles. The fourth-order valence-corrected chi connectivity index (χ4v) is 6.03. The molecule has 0 heterocycles. The van der Waals surface area contributed by atoms with Gasteiger partial charge in [-0.05, 0) is 29.2 Å². The third kappa shape index (κ3) is 9.61. The Balaban J connectivity index is 0.000000280. The molecule has 14 nitrogen and oxygen atoms in total. The second-order valence-corrected chi connectivity index (χ2v) is 12.4. The van der Waals surface area contributed by atoms with Gasteiger partial charge in [-0.25, -0.2) is 0 Å². The number of aromatic hydroxyl groups is 2. The molecule has 0 atom stereocenters. The number of phenols is 2. The smallest absolute Gasteiger partial charge is 0.506 e. The van der Waals surface area contributed by atoms with Crippen LogP contribution in [-0.2, 0) is 37.1 Å². The molecule has 2 aliphatic carbocycles. The van der Waals surface area contributed by atoms with Gasteiger partial charge in [0.15, 0.2) is 0 Å². The molecule has 54 heavy (non-hydrogen) atoms. The minimum Gasteiger partial charge on any atom is -0.506 e. The first-order valence-corrected chi connectivity index (χ1v) is 16.4. The van der Waals surface area contributed by atoms with E-state index in [1.54, 1.807) is 42.5 Å². The van der Waals surface area contributed by atoms with Gasteiger partial charge in [0.05, 0.1) is 4.92 Å². The number of non-ortho nitro benzene ring substituents is 1. The zero-order valence-corrected chi connectivity index (χ0v) is 34.6. The van der Waals surface area contributed by atoms with Gasteiger partial charge in [-0.2, -0.15) is 18.6 Å². The zero-order valence-electron chi connectivity index (χ0n) is 28.5. The number of anilines is 2. The summed E-state index contributed by atoms with van der Waals surface area (Å²) in [5.41, 5.74) is 7.50.